The summed E-state index contributed by atoms with van der Waals surface area (Å²) < 4.78 is 41.2. The second-order valence-electron chi connectivity index (χ2n) is 6.06. The van der Waals surface area contributed by atoms with Crippen LogP contribution in [-0.4, -0.2) is 25.3 Å². The van der Waals surface area contributed by atoms with Gasteiger partial charge in [-0.2, -0.15) is 4.31 Å². The monoisotopic (exact) mass is 312 g/mol. The smallest absolute Gasteiger partial charge is 0.246 e. The number of rotatable bonds is 2. The van der Waals surface area contributed by atoms with Crippen molar-refractivity contribution in [2.75, 3.05) is 12.3 Å². The minimum Gasteiger partial charge on any atom is -0.399 e. The van der Waals surface area contributed by atoms with Crippen LogP contribution in [0.3, 0.4) is 0 Å². The van der Waals surface area contributed by atoms with E-state index in [0.717, 1.165) is 38.2 Å². The summed E-state index contributed by atoms with van der Waals surface area (Å²) in [4.78, 5) is -0.284. The number of nitrogen functional groups attached to an aromatic ring is 1. The van der Waals surface area contributed by atoms with Crippen molar-refractivity contribution in [2.45, 2.75) is 49.5 Å². The summed E-state index contributed by atoms with van der Waals surface area (Å²) in [6, 6.07) is 3.77. The molecule has 116 valence electrons. The number of hydrogen-bond donors (Lipinski definition) is 1. The average Bonchev–Trinajstić information content (AvgIpc) is 2.49. The standard InChI is InChI=1S/C15H21FN2O2S/c16-13-8-7-12(17)10-15(13)21(19,20)18-9-3-5-11-4-1-2-6-14(11)18/h7-8,10-11,14H,1-6,9,17H2. The maximum Gasteiger partial charge on any atom is 0.246 e. The molecular weight excluding hydrogens is 291 g/mol. The largest absolute Gasteiger partial charge is 0.399 e. The third-order valence-corrected chi connectivity index (χ3v) is 6.67. The van der Waals surface area contributed by atoms with Gasteiger partial charge in [0, 0.05) is 18.3 Å². The third-order valence-electron chi connectivity index (χ3n) is 4.73. The molecule has 2 aliphatic rings. The summed E-state index contributed by atoms with van der Waals surface area (Å²) in [6.45, 7) is 0.484. The first-order valence-corrected chi connectivity index (χ1v) is 9.01. The van der Waals surface area contributed by atoms with E-state index < -0.39 is 15.8 Å². The molecule has 1 aliphatic carbocycles. The molecule has 1 aromatic rings. The maximum absolute atomic E-state index is 14.0. The fourth-order valence-corrected chi connectivity index (χ4v) is 5.58. The fraction of sp³-hybridized carbons (Fsp3) is 0.600. The van der Waals surface area contributed by atoms with Crippen LogP contribution in [0.5, 0.6) is 0 Å². The van der Waals surface area contributed by atoms with E-state index in [-0.39, 0.29) is 16.6 Å². The molecule has 1 aromatic carbocycles. The lowest BCUT2D eigenvalue weighted by molar-refractivity contribution is 0.129. The van der Waals surface area contributed by atoms with Crippen molar-refractivity contribution in [3.8, 4) is 0 Å². The van der Waals surface area contributed by atoms with Crippen molar-refractivity contribution in [1.82, 2.24) is 4.31 Å². The zero-order valence-electron chi connectivity index (χ0n) is 12.0. The van der Waals surface area contributed by atoms with E-state index in [1.165, 1.54) is 22.9 Å². The van der Waals surface area contributed by atoms with Gasteiger partial charge in [0.25, 0.3) is 0 Å². The van der Waals surface area contributed by atoms with Gasteiger partial charge in [-0.1, -0.05) is 12.8 Å². The van der Waals surface area contributed by atoms with Gasteiger partial charge in [0.1, 0.15) is 10.7 Å². The van der Waals surface area contributed by atoms with E-state index in [0.29, 0.717) is 12.5 Å². The van der Waals surface area contributed by atoms with Gasteiger partial charge < -0.3 is 5.73 Å². The summed E-state index contributed by atoms with van der Waals surface area (Å²) in [5.41, 5.74) is 5.91. The Labute approximate surface area is 125 Å². The first-order chi connectivity index (χ1) is 10.00. The number of nitrogens with zero attached hydrogens (tertiary/aromatic N) is 1. The molecule has 2 atom stereocenters. The molecule has 0 bridgehead atoms. The van der Waals surface area contributed by atoms with Crippen LogP contribution in [0, 0.1) is 11.7 Å². The average molecular weight is 312 g/mol. The summed E-state index contributed by atoms with van der Waals surface area (Å²) >= 11 is 0. The SMILES string of the molecule is Nc1ccc(F)c(S(=O)(=O)N2CCCC3CCCCC32)c1. The second kappa shape index (κ2) is 5.57. The molecule has 2 unspecified atom stereocenters. The van der Waals surface area contributed by atoms with E-state index >= 15 is 0 Å². The van der Waals surface area contributed by atoms with Crippen molar-refractivity contribution in [3.63, 3.8) is 0 Å². The Hall–Kier alpha value is -1.14. The first kappa shape index (κ1) is 14.8. The zero-order valence-corrected chi connectivity index (χ0v) is 12.8. The van der Waals surface area contributed by atoms with Crippen LogP contribution in [0.25, 0.3) is 0 Å². The van der Waals surface area contributed by atoms with Gasteiger partial charge in [-0.15, -0.1) is 0 Å². The van der Waals surface area contributed by atoms with E-state index in [1.54, 1.807) is 0 Å². The van der Waals surface area contributed by atoms with Gasteiger partial charge in [-0.05, 0) is 49.8 Å². The van der Waals surface area contributed by atoms with Crippen molar-refractivity contribution >= 4 is 15.7 Å². The van der Waals surface area contributed by atoms with Crippen LogP contribution in [0.2, 0.25) is 0 Å². The van der Waals surface area contributed by atoms with Crippen molar-refractivity contribution in [3.05, 3.63) is 24.0 Å². The lowest BCUT2D eigenvalue weighted by Crippen LogP contribution is -2.49. The molecule has 3 rings (SSSR count). The van der Waals surface area contributed by atoms with Crippen LogP contribution in [-0.2, 0) is 10.0 Å². The number of benzene rings is 1. The third kappa shape index (κ3) is 2.66. The molecule has 6 heteroatoms. The Bertz CT molecular complexity index is 631. The molecule has 0 radical (unpaired) electrons. The number of halogens is 1. The van der Waals surface area contributed by atoms with Crippen molar-refractivity contribution < 1.29 is 12.8 Å². The highest BCUT2D eigenvalue weighted by atomic mass is 32.2. The first-order valence-electron chi connectivity index (χ1n) is 7.57. The Morgan fingerprint density at radius 1 is 1.14 bits per heavy atom. The van der Waals surface area contributed by atoms with E-state index in [1.807, 2.05) is 0 Å². The van der Waals surface area contributed by atoms with Gasteiger partial charge >= 0.3 is 0 Å². The molecule has 0 aromatic heterocycles. The molecule has 0 amide bonds. The van der Waals surface area contributed by atoms with E-state index in [9.17, 15) is 12.8 Å². The molecule has 21 heavy (non-hydrogen) atoms. The molecule has 2 fully saturated rings. The maximum atomic E-state index is 14.0. The van der Waals surface area contributed by atoms with Crippen LogP contribution >= 0.6 is 0 Å². The summed E-state index contributed by atoms with van der Waals surface area (Å²) in [6.07, 6.45) is 6.11. The zero-order chi connectivity index (χ0) is 15.0. The van der Waals surface area contributed by atoms with Crippen LogP contribution < -0.4 is 5.73 Å². The number of anilines is 1. The van der Waals surface area contributed by atoms with Crippen molar-refractivity contribution in [1.29, 1.82) is 0 Å². The molecule has 2 N–H and O–H groups in total. The number of nitrogens with two attached hydrogens (primary N) is 1. The van der Waals surface area contributed by atoms with Crippen molar-refractivity contribution in [2.24, 2.45) is 5.92 Å². The van der Waals surface area contributed by atoms with Crippen LogP contribution in [0.1, 0.15) is 38.5 Å². The highest BCUT2D eigenvalue weighted by molar-refractivity contribution is 7.89. The summed E-state index contributed by atoms with van der Waals surface area (Å²) in [5, 5.41) is 0. The predicted molar refractivity (Wildman–Crippen MR) is 79.7 cm³/mol. The van der Waals surface area contributed by atoms with Gasteiger partial charge in [0.2, 0.25) is 10.0 Å². The highest BCUT2D eigenvalue weighted by Gasteiger charge is 2.40. The molecule has 0 spiro atoms. The van der Waals surface area contributed by atoms with Gasteiger partial charge in [0.15, 0.2) is 0 Å². The summed E-state index contributed by atoms with van der Waals surface area (Å²) in [7, 11) is -3.81. The van der Waals surface area contributed by atoms with E-state index in [4.69, 9.17) is 5.73 Å². The quantitative estimate of drug-likeness (QED) is 0.854. The molecule has 1 saturated carbocycles. The lowest BCUT2D eigenvalue weighted by Gasteiger charge is -2.43. The van der Waals surface area contributed by atoms with Crippen LogP contribution in [0.4, 0.5) is 10.1 Å². The summed E-state index contributed by atoms with van der Waals surface area (Å²) in [5.74, 6) is -0.298. The van der Waals surface area contributed by atoms with Gasteiger partial charge in [-0.25, -0.2) is 12.8 Å². The Balaban J connectivity index is 1.98. The Morgan fingerprint density at radius 3 is 2.67 bits per heavy atom. The van der Waals surface area contributed by atoms with E-state index in [2.05, 4.69) is 0 Å². The molecular formula is C15H21FN2O2S. The second-order valence-corrected chi connectivity index (χ2v) is 7.92. The molecule has 1 heterocycles. The molecule has 1 saturated heterocycles. The number of piperidine rings is 1. The Kier molecular flexibility index (Phi) is 3.92. The normalized spacial score (nSPS) is 27.3. The number of sulfonamides is 1. The topological polar surface area (TPSA) is 63.4 Å². The lowest BCUT2D eigenvalue weighted by atomic mass is 9.79. The molecule has 4 nitrogen and oxygen atoms in total. The minimum atomic E-state index is -3.81. The van der Waals surface area contributed by atoms with Gasteiger partial charge in [0.05, 0.1) is 0 Å². The van der Waals surface area contributed by atoms with Gasteiger partial charge in [-0.3, -0.25) is 0 Å². The highest BCUT2D eigenvalue weighted by Crippen LogP contribution is 2.38. The fourth-order valence-electron chi connectivity index (χ4n) is 3.72. The number of fused-ring (bicyclic) bond motifs is 1. The minimum absolute atomic E-state index is 0.0262. The predicted octanol–water partition coefficient (Wildman–Crippen LogP) is 2.75. The molecule has 1 aliphatic heterocycles. The Morgan fingerprint density at radius 2 is 1.86 bits per heavy atom. The van der Waals surface area contributed by atoms with Crippen LogP contribution in [0.15, 0.2) is 23.1 Å². The number of hydrogen-bond acceptors (Lipinski definition) is 3.